The summed E-state index contributed by atoms with van der Waals surface area (Å²) in [6.07, 6.45) is 0. The smallest absolute Gasteiger partial charge is 0.249 e. The molecule has 0 radical (unpaired) electrons. The molecule has 0 amide bonds. The Morgan fingerprint density at radius 1 is 1.47 bits per heavy atom. The number of nitrogens with zero attached hydrogens (tertiary/aromatic N) is 2. The highest BCUT2D eigenvalue weighted by Crippen LogP contribution is 2.38. The van der Waals surface area contributed by atoms with Crippen molar-refractivity contribution in [1.29, 1.82) is 0 Å². The first-order valence-corrected chi connectivity index (χ1v) is 6.84. The number of rotatable bonds is 2. The molecule has 0 aliphatic heterocycles. The molecular formula is C8H5Br2ClN2OS. The number of aromatic nitrogens is 2. The largest absolute Gasteiger partial charge is 0.419 e. The van der Waals surface area contributed by atoms with Crippen molar-refractivity contribution in [3.8, 4) is 11.5 Å². The molecule has 0 spiro atoms. The third-order valence-corrected chi connectivity index (χ3v) is 4.19. The van der Waals surface area contributed by atoms with Crippen molar-refractivity contribution in [3.05, 3.63) is 19.5 Å². The van der Waals surface area contributed by atoms with Gasteiger partial charge in [0.25, 0.3) is 0 Å². The van der Waals surface area contributed by atoms with Crippen LogP contribution in [0.3, 0.4) is 0 Å². The first-order chi connectivity index (χ1) is 7.08. The molecule has 3 nitrogen and oxygen atoms in total. The molecule has 0 aliphatic carbocycles. The van der Waals surface area contributed by atoms with E-state index in [1.54, 1.807) is 18.3 Å². The lowest BCUT2D eigenvalue weighted by Gasteiger charge is -1.92. The Balaban J connectivity index is 2.41. The number of alkyl halides is 1. The molecule has 0 aliphatic rings. The van der Waals surface area contributed by atoms with E-state index in [0.717, 1.165) is 13.1 Å². The van der Waals surface area contributed by atoms with Gasteiger partial charge in [-0.05, 0) is 44.8 Å². The fourth-order valence-corrected chi connectivity index (χ4v) is 3.86. The molecule has 1 unspecified atom stereocenters. The minimum absolute atomic E-state index is 0.271. The molecule has 7 heteroatoms. The Morgan fingerprint density at radius 2 is 2.20 bits per heavy atom. The van der Waals surface area contributed by atoms with Crippen LogP contribution in [0.25, 0.3) is 11.5 Å². The lowest BCUT2D eigenvalue weighted by atomic mass is 10.3. The Bertz CT molecular complexity index is 483. The predicted octanol–water partition coefficient (Wildman–Crippen LogP) is 4.62. The van der Waals surface area contributed by atoms with E-state index in [2.05, 4.69) is 42.1 Å². The molecule has 80 valence electrons. The minimum Gasteiger partial charge on any atom is -0.419 e. The number of hydrogen-bond donors (Lipinski definition) is 0. The van der Waals surface area contributed by atoms with Crippen molar-refractivity contribution in [2.45, 2.75) is 12.3 Å². The van der Waals surface area contributed by atoms with Crippen molar-refractivity contribution in [2.75, 3.05) is 0 Å². The molecule has 2 rings (SSSR count). The number of thiophene rings is 1. The zero-order chi connectivity index (χ0) is 11.0. The van der Waals surface area contributed by atoms with Gasteiger partial charge >= 0.3 is 0 Å². The van der Waals surface area contributed by atoms with E-state index in [4.69, 9.17) is 16.0 Å². The van der Waals surface area contributed by atoms with Gasteiger partial charge in [-0.2, -0.15) is 0 Å². The molecular weight excluding hydrogens is 367 g/mol. The summed E-state index contributed by atoms with van der Waals surface area (Å²) in [5.74, 6) is 0.909. The minimum atomic E-state index is -0.271. The Morgan fingerprint density at radius 3 is 2.67 bits per heavy atom. The van der Waals surface area contributed by atoms with Crippen LogP contribution in [0.5, 0.6) is 0 Å². The van der Waals surface area contributed by atoms with E-state index in [0.29, 0.717) is 11.8 Å². The van der Waals surface area contributed by atoms with Crippen molar-refractivity contribution < 1.29 is 4.42 Å². The average molecular weight is 372 g/mol. The van der Waals surface area contributed by atoms with Crippen LogP contribution in [-0.4, -0.2) is 10.2 Å². The van der Waals surface area contributed by atoms with Crippen LogP contribution in [-0.2, 0) is 0 Å². The van der Waals surface area contributed by atoms with Gasteiger partial charge < -0.3 is 4.42 Å². The molecule has 0 fully saturated rings. The first kappa shape index (κ1) is 11.6. The maximum atomic E-state index is 5.83. The maximum absolute atomic E-state index is 5.83. The number of halogens is 3. The third kappa shape index (κ3) is 2.43. The van der Waals surface area contributed by atoms with E-state index in [1.807, 2.05) is 6.07 Å². The Hall–Kier alpha value is 0.0900. The van der Waals surface area contributed by atoms with Crippen molar-refractivity contribution in [3.63, 3.8) is 0 Å². The van der Waals surface area contributed by atoms with Gasteiger partial charge in [-0.1, -0.05) is 0 Å². The van der Waals surface area contributed by atoms with Crippen LogP contribution in [0.4, 0.5) is 0 Å². The maximum Gasteiger partial charge on any atom is 0.249 e. The highest BCUT2D eigenvalue weighted by atomic mass is 79.9. The summed E-state index contributed by atoms with van der Waals surface area (Å²) in [5, 5.41) is 7.53. The summed E-state index contributed by atoms with van der Waals surface area (Å²) in [6, 6.07) is 1.92. The second-order valence-electron chi connectivity index (χ2n) is 2.80. The van der Waals surface area contributed by atoms with Gasteiger partial charge in [-0.15, -0.1) is 33.1 Å². The Kier molecular flexibility index (Phi) is 3.49. The molecule has 0 N–H and O–H groups in total. The topological polar surface area (TPSA) is 38.9 Å². The molecule has 2 heterocycles. The van der Waals surface area contributed by atoms with E-state index in [9.17, 15) is 0 Å². The van der Waals surface area contributed by atoms with Crippen molar-refractivity contribution >= 4 is 54.8 Å². The van der Waals surface area contributed by atoms with Crippen LogP contribution >= 0.6 is 54.8 Å². The van der Waals surface area contributed by atoms with E-state index >= 15 is 0 Å². The summed E-state index contributed by atoms with van der Waals surface area (Å²) < 4.78 is 7.38. The highest BCUT2D eigenvalue weighted by molar-refractivity contribution is 9.12. The number of hydrogen-bond acceptors (Lipinski definition) is 4. The SMILES string of the molecule is CC(Cl)c1nnc(-c2cc(Br)sc2Br)o1. The summed E-state index contributed by atoms with van der Waals surface area (Å²) >= 11 is 14.2. The van der Waals surface area contributed by atoms with Crippen LogP contribution < -0.4 is 0 Å². The second-order valence-corrected chi connectivity index (χ2v) is 7.20. The van der Waals surface area contributed by atoms with Gasteiger partial charge in [-0.25, -0.2) is 0 Å². The quantitative estimate of drug-likeness (QED) is 0.722. The van der Waals surface area contributed by atoms with Crippen LogP contribution in [0.2, 0.25) is 0 Å². The molecule has 1 atom stereocenters. The summed E-state index contributed by atoms with van der Waals surface area (Å²) in [7, 11) is 0. The normalized spacial score (nSPS) is 13.1. The fourth-order valence-electron chi connectivity index (χ4n) is 0.990. The summed E-state index contributed by atoms with van der Waals surface area (Å²) in [5.41, 5.74) is 0.878. The molecule has 0 bridgehead atoms. The molecule has 0 saturated heterocycles. The molecule has 0 saturated carbocycles. The summed E-state index contributed by atoms with van der Waals surface area (Å²) in [4.78, 5) is 0. The zero-order valence-corrected chi connectivity index (χ0v) is 12.2. The average Bonchev–Trinajstić information content (AvgIpc) is 2.71. The molecule has 2 aromatic heterocycles. The van der Waals surface area contributed by atoms with Crippen LogP contribution in [0.1, 0.15) is 18.2 Å². The van der Waals surface area contributed by atoms with E-state index in [1.165, 1.54) is 0 Å². The second kappa shape index (κ2) is 4.53. The van der Waals surface area contributed by atoms with Crippen molar-refractivity contribution in [2.24, 2.45) is 0 Å². The van der Waals surface area contributed by atoms with E-state index in [-0.39, 0.29) is 5.38 Å². The highest BCUT2D eigenvalue weighted by Gasteiger charge is 2.16. The van der Waals surface area contributed by atoms with Gasteiger partial charge in [0.2, 0.25) is 11.8 Å². The van der Waals surface area contributed by atoms with Gasteiger partial charge in [0.1, 0.15) is 5.38 Å². The third-order valence-electron chi connectivity index (χ3n) is 1.67. The predicted molar refractivity (Wildman–Crippen MR) is 67.3 cm³/mol. The van der Waals surface area contributed by atoms with Gasteiger partial charge in [0.05, 0.1) is 13.1 Å². The standard InChI is InChI=1S/C8H5Br2ClN2OS/c1-3(11)7-12-13-8(14-7)4-2-5(9)15-6(4)10/h2-3H,1H3. The first-order valence-electron chi connectivity index (χ1n) is 4.00. The van der Waals surface area contributed by atoms with Gasteiger partial charge in [-0.3, -0.25) is 0 Å². The monoisotopic (exact) mass is 370 g/mol. The lowest BCUT2D eigenvalue weighted by Crippen LogP contribution is -1.81. The zero-order valence-electron chi connectivity index (χ0n) is 7.50. The van der Waals surface area contributed by atoms with Gasteiger partial charge in [0, 0.05) is 0 Å². The molecule has 15 heavy (non-hydrogen) atoms. The Labute approximate surface area is 112 Å². The van der Waals surface area contributed by atoms with Crippen LogP contribution in [0, 0.1) is 0 Å². The molecule has 2 aromatic rings. The van der Waals surface area contributed by atoms with Gasteiger partial charge in [0.15, 0.2) is 0 Å². The summed E-state index contributed by atoms with van der Waals surface area (Å²) in [6.45, 7) is 1.79. The van der Waals surface area contributed by atoms with Crippen molar-refractivity contribution in [1.82, 2.24) is 10.2 Å². The van der Waals surface area contributed by atoms with E-state index < -0.39 is 0 Å². The van der Waals surface area contributed by atoms with Crippen LogP contribution in [0.15, 0.2) is 18.1 Å². The fraction of sp³-hybridized carbons (Fsp3) is 0.250. The lowest BCUT2D eigenvalue weighted by molar-refractivity contribution is 0.507. The molecule has 0 aromatic carbocycles.